The molecule has 0 radical (unpaired) electrons. The summed E-state index contributed by atoms with van der Waals surface area (Å²) in [5.74, 6) is 1.59. The van der Waals surface area contributed by atoms with Crippen molar-refractivity contribution in [3.63, 3.8) is 0 Å². The first-order valence-corrected chi connectivity index (χ1v) is 7.37. The minimum absolute atomic E-state index is 0.456. The van der Waals surface area contributed by atoms with Crippen LogP contribution in [0.5, 0.6) is 0 Å². The summed E-state index contributed by atoms with van der Waals surface area (Å²) in [4.78, 5) is 10.0. The highest BCUT2D eigenvalue weighted by Gasteiger charge is 2.03. The van der Waals surface area contributed by atoms with Gasteiger partial charge in [-0.15, -0.1) is 11.8 Å². The number of nitrogens with two attached hydrogens (primary N) is 1. The molecule has 0 amide bonds. The molecule has 0 saturated carbocycles. The van der Waals surface area contributed by atoms with Gasteiger partial charge in [-0.3, -0.25) is 0 Å². The fraction of sp³-hybridized carbons (Fsp3) is 0.231. The highest BCUT2D eigenvalue weighted by Crippen LogP contribution is 2.24. The molecular weight excluding hydrogens is 310 g/mol. The van der Waals surface area contributed by atoms with Crippen LogP contribution >= 0.6 is 27.7 Å². The zero-order valence-electron chi connectivity index (χ0n) is 10.1. The highest BCUT2D eigenvalue weighted by atomic mass is 79.9. The van der Waals surface area contributed by atoms with Crippen molar-refractivity contribution < 1.29 is 0 Å². The van der Waals surface area contributed by atoms with Gasteiger partial charge in [0.25, 0.3) is 0 Å². The number of aryl methyl sites for hydroxylation is 1. The van der Waals surface area contributed by atoms with Gasteiger partial charge in [-0.1, -0.05) is 22.0 Å². The van der Waals surface area contributed by atoms with Gasteiger partial charge in [0.05, 0.1) is 11.4 Å². The van der Waals surface area contributed by atoms with Gasteiger partial charge in [0, 0.05) is 21.6 Å². The highest BCUT2D eigenvalue weighted by molar-refractivity contribution is 9.10. The number of hydrogen-bond acceptors (Lipinski definition) is 4. The summed E-state index contributed by atoms with van der Waals surface area (Å²) in [5.41, 5.74) is 7.48. The number of aromatic nitrogens is 2. The van der Waals surface area contributed by atoms with Crippen LogP contribution in [-0.4, -0.2) is 9.97 Å². The maximum atomic E-state index is 5.61. The third-order valence-corrected chi connectivity index (χ3v) is 3.81. The summed E-state index contributed by atoms with van der Waals surface area (Å²) in [5, 5.41) is 0. The van der Waals surface area contributed by atoms with Crippen molar-refractivity contribution in [2.75, 3.05) is 0 Å². The summed E-state index contributed by atoms with van der Waals surface area (Å²) in [6.07, 6.45) is 0. The summed E-state index contributed by atoms with van der Waals surface area (Å²) in [7, 11) is 0. The lowest BCUT2D eigenvalue weighted by molar-refractivity contribution is 0.900. The largest absolute Gasteiger partial charge is 0.325 e. The molecule has 2 aromatic rings. The molecule has 0 saturated heterocycles. The quantitative estimate of drug-likeness (QED) is 0.877. The van der Waals surface area contributed by atoms with Crippen LogP contribution in [0.3, 0.4) is 0 Å². The Hall–Kier alpha value is -0.910. The first-order chi connectivity index (χ1) is 8.67. The first kappa shape index (κ1) is 13.5. The van der Waals surface area contributed by atoms with Crippen molar-refractivity contribution in [3.05, 3.63) is 52.0 Å². The van der Waals surface area contributed by atoms with Crippen molar-refractivity contribution in [1.29, 1.82) is 0 Å². The van der Waals surface area contributed by atoms with Crippen molar-refractivity contribution in [2.24, 2.45) is 5.73 Å². The van der Waals surface area contributed by atoms with Crippen molar-refractivity contribution in [2.45, 2.75) is 24.1 Å². The minimum Gasteiger partial charge on any atom is -0.325 e. The van der Waals surface area contributed by atoms with Crippen LogP contribution in [0.15, 0.2) is 39.7 Å². The Morgan fingerprint density at radius 3 is 2.83 bits per heavy atom. The van der Waals surface area contributed by atoms with Crippen LogP contribution in [0.2, 0.25) is 0 Å². The molecule has 2 rings (SSSR count). The monoisotopic (exact) mass is 323 g/mol. The smallest absolute Gasteiger partial charge is 0.139 e. The second-order valence-electron chi connectivity index (χ2n) is 3.87. The summed E-state index contributed by atoms with van der Waals surface area (Å²) < 4.78 is 1.08. The molecule has 0 bridgehead atoms. The molecule has 0 atom stereocenters. The van der Waals surface area contributed by atoms with E-state index in [-0.39, 0.29) is 0 Å². The molecule has 0 fully saturated rings. The van der Waals surface area contributed by atoms with Crippen molar-refractivity contribution >= 4 is 27.7 Å². The number of halogens is 1. The Morgan fingerprint density at radius 2 is 2.11 bits per heavy atom. The Labute approximate surface area is 119 Å². The number of nitrogens with zero attached hydrogens (tertiary/aromatic N) is 2. The van der Waals surface area contributed by atoms with Crippen LogP contribution in [0.25, 0.3) is 0 Å². The third kappa shape index (κ3) is 3.80. The second-order valence-corrected chi connectivity index (χ2v) is 5.83. The van der Waals surface area contributed by atoms with Crippen LogP contribution in [0.4, 0.5) is 0 Å². The van der Waals surface area contributed by atoms with Gasteiger partial charge in [-0.2, -0.15) is 0 Å². The van der Waals surface area contributed by atoms with Crippen molar-refractivity contribution in [3.8, 4) is 0 Å². The molecule has 1 aromatic heterocycles. The normalized spacial score (nSPS) is 10.6. The Kier molecular flexibility index (Phi) is 4.74. The molecule has 2 N–H and O–H groups in total. The molecule has 0 spiro atoms. The maximum Gasteiger partial charge on any atom is 0.139 e. The molecule has 1 heterocycles. The van der Waals surface area contributed by atoms with E-state index in [9.17, 15) is 0 Å². The van der Waals surface area contributed by atoms with Gasteiger partial charge >= 0.3 is 0 Å². The zero-order valence-corrected chi connectivity index (χ0v) is 12.5. The van der Waals surface area contributed by atoms with Crippen LogP contribution in [-0.2, 0) is 12.3 Å². The number of rotatable bonds is 4. The van der Waals surface area contributed by atoms with E-state index in [1.165, 1.54) is 4.90 Å². The second kappa shape index (κ2) is 6.31. The zero-order chi connectivity index (χ0) is 13.0. The number of thioether (sulfide) groups is 1. The van der Waals surface area contributed by atoms with E-state index in [1.54, 1.807) is 11.8 Å². The third-order valence-electron chi connectivity index (χ3n) is 2.33. The van der Waals surface area contributed by atoms with Gasteiger partial charge in [-0.05, 0) is 31.2 Å². The predicted octanol–water partition coefficient (Wildman–Crippen LogP) is 3.30. The van der Waals surface area contributed by atoms with E-state index >= 15 is 0 Å². The number of hydrogen-bond donors (Lipinski definition) is 1. The SMILES string of the molecule is Cc1cc(CN)nc(CSc2cccc(Br)c2)n1. The molecule has 5 heteroatoms. The summed E-state index contributed by atoms with van der Waals surface area (Å²) >= 11 is 5.18. The molecule has 3 nitrogen and oxygen atoms in total. The van der Waals surface area contributed by atoms with E-state index in [0.29, 0.717) is 6.54 Å². The van der Waals surface area contributed by atoms with E-state index in [1.807, 2.05) is 25.1 Å². The molecule has 0 aliphatic rings. The summed E-state index contributed by atoms with van der Waals surface area (Å²) in [6.45, 7) is 2.42. The van der Waals surface area contributed by atoms with E-state index in [4.69, 9.17) is 5.73 Å². The maximum absolute atomic E-state index is 5.61. The average Bonchev–Trinajstić information content (AvgIpc) is 2.36. The van der Waals surface area contributed by atoms with Crippen LogP contribution in [0.1, 0.15) is 17.2 Å². The van der Waals surface area contributed by atoms with Crippen molar-refractivity contribution in [1.82, 2.24) is 9.97 Å². The molecule has 0 aliphatic heterocycles. The van der Waals surface area contributed by atoms with Crippen LogP contribution < -0.4 is 5.73 Å². The molecule has 1 aromatic carbocycles. The van der Waals surface area contributed by atoms with Gasteiger partial charge < -0.3 is 5.73 Å². The Morgan fingerprint density at radius 1 is 1.28 bits per heavy atom. The fourth-order valence-electron chi connectivity index (χ4n) is 1.57. The molecule has 18 heavy (non-hydrogen) atoms. The predicted molar refractivity (Wildman–Crippen MR) is 78.4 cm³/mol. The Balaban J connectivity index is 2.08. The molecule has 0 unspecified atom stereocenters. The van der Waals surface area contributed by atoms with E-state index < -0.39 is 0 Å². The van der Waals surface area contributed by atoms with Gasteiger partial charge in [0.2, 0.25) is 0 Å². The van der Waals surface area contributed by atoms with Crippen LogP contribution in [0, 0.1) is 6.92 Å². The number of benzene rings is 1. The Bertz CT molecular complexity index is 546. The molecule has 0 aliphatic carbocycles. The van der Waals surface area contributed by atoms with E-state index in [0.717, 1.165) is 27.4 Å². The first-order valence-electron chi connectivity index (χ1n) is 5.59. The van der Waals surface area contributed by atoms with E-state index in [2.05, 4.69) is 38.0 Å². The standard InChI is InChI=1S/C13H14BrN3S/c1-9-5-11(7-15)17-13(16-9)8-18-12-4-2-3-10(14)6-12/h2-6H,7-8,15H2,1H3. The average molecular weight is 324 g/mol. The lowest BCUT2D eigenvalue weighted by atomic mass is 10.3. The van der Waals surface area contributed by atoms with Gasteiger partial charge in [0.15, 0.2) is 0 Å². The summed E-state index contributed by atoms with van der Waals surface area (Å²) in [6, 6.07) is 10.1. The molecule has 94 valence electrons. The topological polar surface area (TPSA) is 51.8 Å². The lowest BCUT2D eigenvalue weighted by Crippen LogP contribution is -2.04. The fourth-order valence-corrected chi connectivity index (χ4v) is 2.93. The van der Waals surface area contributed by atoms with Gasteiger partial charge in [-0.25, -0.2) is 9.97 Å². The lowest BCUT2D eigenvalue weighted by Gasteiger charge is -2.05. The van der Waals surface area contributed by atoms with Gasteiger partial charge in [0.1, 0.15) is 5.82 Å². The molecular formula is C13H14BrN3S. The minimum atomic E-state index is 0.456.